The molecule has 0 saturated carbocycles. The van der Waals surface area contributed by atoms with Gasteiger partial charge in [-0.3, -0.25) is 0 Å². The summed E-state index contributed by atoms with van der Waals surface area (Å²) in [6.45, 7) is 0.0278. The highest BCUT2D eigenvalue weighted by Gasteiger charge is 2.26. The highest BCUT2D eigenvalue weighted by Crippen LogP contribution is 2.50. The molecule has 6 heteroatoms. The van der Waals surface area contributed by atoms with Gasteiger partial charge in [-0.2, -0.15) is 0 Å². The molecule has 1 heterocycles. The van der Waals surface area contributed by atoms with Gasteiger partial charge in [-0.25, -0.2) is 9.59 Å². The number of hydrogen-bond donors (Lipinski definition) is 0. The Labute approximate surface area is 272 Å². The SMILES string of the molecule is COC(=O)c1ccc(/C=C/c2cc3ccccc3c3c2OCOc2c(/C=C/c4ccc(C(=O)OC)cc4)cc4ccccc4c2-3)cc1. The Hall–Kier alpha value is -6.14. The Morgan fingerprint density at radius 3 is 1.36 bits per heavy atom. The summed E-state index contributed by atoms with van der Waals surface area (Å²) in [6.07, 6.45) is 8.08. The molecule has 0 aliphatic carbocycles. The lowest BCUT2D eigenvalue weighted by Crippen LogP contribution is -2.05. The molecule has 0 saturated heterocycles. The van der Waals surface area contributed by atoms with E-state index in [4.69, 9.17) is 18.9 Å². The fourth-order valence-electron chi connectivity index (χ4n) is 5.97. The zero-order chi connectivity index (χ0) is 32.3. The zero-order valence-corrected chi connectivity index (χ0v) is 25.9. The number of rotatable bonds is 6. The highest BCUT2D eigenvalue weighted by molar-refractivity contribution is 6.12. The summed E-state index contributed by atoms with van der Waals surface area (Å²) in [5.41, 5.74) is 6.60. The highest BCUT2D eigenvalue weighted by atomic mass is 16.7. The van der Waals surface area contributed by atoms with Crippen LogP contribution in [0.4, 0.5) is 0 Å². The Kier molecular flexibility index (Phi) is 7.99. The van der Waals surface area contributed by atoms with E-state index in [-0.39, 0.29) is 18.7 Å². The largest absolute Gasteiger partial charge is 0.465 e. The second-order valence-electron chi connectivity index (χ2n) is 11.1. The summed E-state index contributed by atoms with van der Waals surface area (Å²) in [4.78, 5) is 23.8. The minimum atomic E-state index is -0.370. The van der Waals surface area contributed by atoms with Gasteiger partial charge in [-0.1, -0.05) is 97.1 Å². The summed E-state index contributed by atoms with van der Waals surface area (Å²) < 4.78 is 22.5. The maximum absolute atomic E-state index is 11.9. The summed E-state index contributed by atoms with van der Waals surface area (Å²) in [5.74, 6) is 0.722. The first kappa shape index (κ1) is 29.6. The van der Waals surface area contributed by atoms with Gasteiger partial charge in [0.05, 0.1) is 25.3 Å². The number of benzene rings is 6. The van der Waals surface area contributed by atoms with Crippen LogP contribution in [0.5, 0.6) is 11.5 Å². The number of hydrogen-bond acceptors (Lipinski definition) is 6. The van der Waals surface area contributed by atoms with E-state index in [1.807, 2.05) is 72.8 Å². The number of carbonyl (C=O) groups is 2. The number of methoxy groups -OCH3 is 2. The molecule has 0 N–H and O–H groups in total. The molecular weight excluding hydrogens is 588 g/mol. The fraction of sp³-hybridized carbons (Fsp3) is 0.0732. The van der Waals surface area contributed by atoms with Gasteiger partial charge in [0.2, 0.25) is 6.79 Å². The van der Waals surface area contributed by atoms with Gasteiger partial charge in [-0.05, 0) is 69.1 Å². The third-order valence-corrected chi connectivity index (χ3v) is 8.29. The van der Waals surface area contributed by atoms with Crippen LogP contribution in [0.3, 0.4) is 0 Å². The maximum Gasteiger partial charge on any atom is 0.337 e. The monoisotopic (exact) mass is 618 g/mol. The van der Waals surface area contributed by atoms with Gasteiger partial charge in [0, 0.05) is 22.3 Å². The van der Waals surface area contributed by atoms with E-state index in [0.717, 1.165) is 66.4 Å². The van der Waals surface area contributed by atoms with Gasteiger partial charge in [0.15, 0.2) is 0 Å². The molecule has 0 spiro atoms. The van der Waals surface area contributed by atoms with Gasteiger partial charge in [0.1, 0.15) is 11.5 Å². The summed E-state index contributed by atoms with van der Waals surface area (Å²) in [7, 11) is 2.75. The van der Waals surface area contributed by atoms with Gasteiger partial charge >= 0.3 is 11.9 Å². The molecular formula is C41H30O6. The van der Waals surface area contributed by atoms with Crippen LogP contribution in [-0.4, -0.2) is 33.0 Å². The van der Waals surface area contributed by atoms with Crippen LogP contribution in [0.25, 0.3) is 57.0 Å². The summed E-state index contributed by atoms with van der Waals surface area (Å²) in [5, 5.41) is 4.25. The molecule has 0 unspecified atom stereocenters. The zero-order valence-electron chi connectivity index (χ0n) is 25.9. The van der Waals surface area contributed by atoms with Crippen molar-refractivity contribution in [3.05, 3.63) is 143 Å². The predicted octanol–water partition coefficient (Wildman–Crippen LogP) is 9.30. The van der Waals surface area contributed by atoms with Crippen LogP contribution in [0.15, 0.2) is 109 Å². The van der Waals surface area contributed by atoms with Crippen molar-refractivity contribution in [3.8, 4) is 22.6 Å². The lowest BCUT2D eigenvalue weighted by atomic mass is 9.88. The summed E-state index contributed by atoms with van der Waals surface area (Å²) >= 11 is 0. The second-order valence-corrected chi connectivity index (χ2v) is 11.1. The van der Waals surface area contributed by atoms with E-state index < -0.39 is 0 Å². The van der Waals surface area contributed by atoms with Crippen LogP contribution >= 0.6 is 0 Å². The van der Waals surface area contributed by atoms with Crippen molar-refractivity contribution < 1.29 is 28.5 Å². The van der Waals surface area contributed by atoms with E-state index in [0.29, 0.717) is 11.1 Å². The smallest absolute Gasteiger partial charge is 0.337 e. The first-order chi connectivity index (χ1) is 23.0. The standard InChI is InChI=1S/C41H30O6/c1-44-40(42)28-17-11-26(12-18-28)15-21-32-23-30-7-3-5-9-34(30)36-37-35-10-6-4-8-31(35)24-33(39(37)47-25-46-38(32)36)22-16-27-13-19-29(20-14-27)41(43)45-2/h3-24H,25H2,1-2H3/b21-15+,22-16+. The molecule has 0 bridgehead atoms. The van der Waals surface area contributed by atoms with Crippen molar-refractivity contribution >= 4 is 57.8 Å². The lowest BCUT2D eigenvalue weighted by molar-refractivity contribution is 0.0592. The Morgan fingerprint density at radius 2 is 0.957 bits per heavy atom. The van der Waals surface area contributed by atoms with Crippen LogP contribution in [-0.2, 0) is 9.47 Å². The van der Waals surface area contributed by atoms with Crippen LogP contribution < -0.4 is 9.47 Å². The first-order valence-electron chi connectivity index (χ1n) is 15.1. The molecule has 230 valence electrons. The molecule has 0 amide bonds. The van der Waals surface area contributed by atoms with E-state index in [2.05, 4.69) is 36.4 Å². The van der Waals surface area contributed by atoms with Gasteiger partial charge < -0.3 is 18.9 Å². The number of fused-ring (bicyclic) bond motifs is 7. The van der Waals surface area contributed by atoms with Crippen molar-refractivity contribution in [2.45, 2.75) is 0 Å². The van der Waals surface area contributed by atoms with Crippen LogP contribution in [0, 0.1) is 0 Å². The topological polar surface area (TPSA) is 71.1 Å². The quantitative estimate of drug-likeness (QED) is 0.137. The lowest BCUT2D eigenvalue weighted by Gasteiger charge is -2.17. The third kappa shape index (κ3) is 5.73. The molecule has 0 aromatic heterocycles. The van der Waals surface area contributed by atoms with Crippen molar-refractivity contribution in [1.82, 2.24) is 0 Å². The molecule has 6 aromatic rings. The van der Waals surface area contributed by atoms with Gasteiger partial charge in [0.25, 0.3) is 0 Å². The minimum absolute atomic E-state index is 0.0278. The molecule has 1 aliphatic heterocycles. The van der Waals surface area contributed by atoms with Crippen molar-refractivity contribution in [3.63, 3.8) is 0 Å². The Balaban J connectivity index is 1.39. The van der Waals surface area contributed by atoms with E-state index in [9.17, 15) is 9.59 Å². The average Bonchev–Trinajstić information content (AvgIpc) is 3.34. The molecule has 7 rings (SSSR count). The minimum Gasteiger partial charge on any atom is -0.465 e. The maximum atomic E-state index is 11.9. The molecule has 1 aliphatic rings. The molecule has 0 atom stereocenters. The Morgan fingerprint density at radius 1 is 0.553 bits per heavy atom. The van der Waals surface area contributed by atoms with Gasteiger partial charge in [-0.15, -0.1) is 0 Å². The van der Waals surface area contributed by atoms with E-state index in [1.54, 1.807) is 24.3 Å². The molecule has 6 nitrogen and oxygen atoms in total. The van der Waals surface area contributed by atoms with E-state index in [1.165, 1.54) is 14.2 Å². The first-order valence-corrected chi connectivity index (χ1v) is 15.1. The fourth-order valence-corrected chi connectivity index (χ4v) is 5.97. The van der Waals surface area contributed by atoms with E-state index >= 15 is 0 Å². The average molecular weight is 619 g/mol. The molecule has 0 radical (unpaired) electrons. The molecule has 0 fully saturated rings. The number of carbonyl (C=O) groups excluding carboxylic acids is 2. The molecule has 6 aromatic carbocycles. The number of esters is 2. The van der Waals surface area contributed by atoms with Crippen molar-refractivity contribution in [2.75, 3.05) is 21.0 Å². The van der Waals surface area contributed by atoms with Crippen LogP contribution in [0.1, 0.15) is 43.0 Å². The second kappa shape index (κ2) is 12.7. The van der Waals surface area contributed by atoms with Crippen LogP contribution in [0.2, 0.25) is 0 Å². The summed E-state index contributed by atoms with van der Waals surface area (Å²) in [6, 6.07) is 35.4. The van der Waals surface area contributed by atoms with Crippen molar-refractivity contribution in [1.29, 1.82) is 0 Å². The Bertz CT molecular complexity index is 2050. The van der Waals surface area contributed by atoms with Crippen molar-refractivity contribution in [2.24, 2.45) is 0 Å². The normalized spacial score (nSPS) is 12.3. The predicted molar refractivity (Wildman–Crippen MR) is 186 cm³/mol. The third-order valence-electron chi connectivity index (χ3n) is 8.29. The molecule has 47 heavy (non-hydrogen) atoms. The number of ether oxygens (including phenoxy) is 4.